The van der Waals surface area contributed by atoms with Gasteiger partial charge in [-0.25, -0.2) is 0 Å². The van der Waals surface area contributed by atoms with Gasteiger partial charge in [0.15, 0.2) is 0 Å². The third-order valence-electron chi connectivity index (χ3n) is 4.68. The van der Waals surface area contributed by atoms with Crippen molar-refractivity contribution in [3.63, 3.8) is 0 Å². The van der Waals surface area contributed by atoms with Crippen LogP contribution in [-0.4, -0.2) is 40.6 Å². The highest BCUT2D eigenvalue weighted by atomic mass is 16.2. The van der Waals surface area contributed by atoms with Crippen LogP contribution in [0.1, 0.15) is 58.3 Å². The van der Waals surface area contributed by atoms with Gasteiger partial charge in [-0.3, -0.25) is 24.1 Å². The molecule has 7 heteroatoms. The van der Waals surface area contributed by atoms with Crippen molar-refractivity contribution in [3.8, 4) is 0 Å². The van der Waals surface area contributed by atoms with Crippen LogP contribution in [0.5, 0.6) is 0 Å². The summed E-state index contributed by atoms with van der Waals surface area (Å²) in [6.45, 7) is 5.41. The van der Waals surface area contributed by atoms with Gasteiger partial charge < -0.3 is 10.6 Å². The van der Waals surface area contributed by atoms with E-state index in [2.05, 4.69) is 10.6 Å². The van der Waals surface area contributed by atoms with E-state index < -0.39 is 23.8 Å². The zero-order valence-corrected chi connectivity index (χ0v) is 16.6. The first-order valence-electron chi connectivity index (χ1n) is 9.52. The summed E-state index contributed by atoms with van der Waals surface area (Å²) in [6, 6.07) is 12.1. The van der Waals surface area contributed by atoms with Crippen LogP contribution in [0.25, 0.3) is 0 Å². The molecule has 0 bridgehead atoms. The van der Waals surface area contributed by atoms with Gasteiger partial charge in [0.1, 0.15) is 6.04 Å². The summed E-state index contributed by atoms with van der Waals surface area (Å²) < 4.78 is 0. The summed E-state index contributed by atoms with van der Waals surface area (Å²) in [5.74, 6) is -1.81. The van der Waals surface area contributed by atoms with Gasteiger partial charge in [-0.05, 0) is 44.5 Å². The molecule has 1 atom stereocenters. The predicted molar refractivity (Wildman–Crippen MR) is 109 cm³/mol. The molecule has 29 heavy (non-hydrogen) atoms. The average molecular weight is 393 g/mol. The lowest BCUT2D eigenvalue weighted by Gasteiger charge is -2.24. The molecule has 7 nitrogen and oxygen atoms in total. The van der Waals surface area contributed by atoms with Crippen molar-refractivity contribution in [2.75, 3.05) is 5.32 Å². The number of imide groups is 1. The van der Waals surface area contributed by atoms with E-state index in [1.807, 2.05) is 13.8 Å². The van der Waals surface area contributed by atoms with Crippen molar-refractivity contribution in [1.29, 1.82) is 0 Å². The monoisotopic (exact) mass is 393 g/mol. The average Bonchev–Trinajstić information content (AvgIpc) is 2.94. The number of anilines is 1. The van der Waals surface area contributed by atoms with Gasteiger partial charge in [-0.2, -0.15) is 0 Å². The molecule has 2 aromatic carbocycles. The highest BCUT2D eigenvalue weighted by Crippen LogP contribution is 2.26. The Hall–Kier alpha value is -3.48. The van der Waals surface area contributed by atoms with E-state index in [0.717, 1.165) is 4.90 Å². The first kappa shape index (κ1) is 20.3. The number of carbonyl (C=O) groups is 4. The second-order valence-electron chi connectivity index (χ2n) is 7.11. The number of benzene rings is 2. The molecule has 0 fully saturated rings. The van der Waals surface area contributed by atoms with Gasteiger partial charge in [0.25, 0.3) is 17.7 Å². The van der Waals surface area contributed by atoms with E-state index in [4.69, 9.17) is 0 Å². The lowest BCUT2D eigenvalue weighted by atomic mass is 10.1. The second-order valence-corrected chi connectivity index (χ2v) is 7.11. The Balaban J connectivity index is 1.85. The van der Waals surface area contributed by atoms with Gasteiger partial charge in [0.2, 0.25) is 5.91 Å². The van der Waals surface area contributed by atoms with Crippen molar-refractivity contribution >= 4 is 29.3 Å². The third-order valence-corrected chi connectivity index (χ3v) is 4.68. The Morgan fingerprint density at radius 3 is 2.03 bits per heavy atom. The molecule has 1 heterocycles. The normalized spacial score (nSPS) is 14.0. The summed E-state index contributed by atoms with van der Waals surface area (Å²) in [6.07, 6.45) is 0.248. The first-order chi connectivity index (χ1) is 13.8. The van der Waals surface area contributed by atoms with Crippen LogP contribution in [-0.2, 0) is 4.79 Å². The van der Waals surface area contributed by atoms with Crippen molar-refractivity contribution in [2.45, 2.75) is 39.3 Å². The lowest BCUT2D eigenvalue weighted by Crippen LogP contribution is -2.47. The maximum Gasteiger partial charge on any atom is 0.262 e. The zero-order chi connectivity index (χ0) is 21.1. The Bertz CT molecular complexity index is 949. The van der Waals surface area contributed by atoms with Gasteiger partial charge in [0, 0.05) is 6.04 Å². The Morgan fingerprint density at radius 1 is 0.931 bits per heavy atom. The SMILES string of the molecule is CCC(C(=O)Nc1ccccc1C(=O)NC(C)C)N1C(=O)c2ccccc2C1=O. The molecule has 0 aliphatic carbocycles. The maximum atomic E-state index is 13.0. The number of nitrogens with one attached hydrogen (secondary N) is 2. The number of amides is 4. The Labute approximate surface area is 169 Å². The Morgan fingerprint density at radius 2 is 1.48 bits per heavy atom. The van der Waals surface area contributed by atoms with E-state index in [-0.39, 0.29) is 18.4 Å². The minimum atomic E-state index is -0.983. The molecule has 0 aromatic heterocycles. The molecule has 0 saturated carbocycles. The fourth-order valence-electron chi connectivity index (χ4n) is 3.32. The van der Waals surface area contributed by atoms with Crippen LogP contribution in [0, 0.1) is 0 Å². The molecule has 1 aliphatic rings. The highest BCUT2D eigenvalue weighted by Gasteiger charge is 2.42. The Kier molecular flexibility index (Phi) is 5.77. The highest BCUT2D eigenvalue weighted by molar-refractivity contribution is 6.23. The molecule has 1 aliphatic heterocycles. The quantitative estimate of drug-likeness (QED) is 0.738. The molecule has 0 radical (unpaired) electrons. The summed E-state index contributed by atoms with van der Waals surface area (Å²) in [5, 5.41) is 5.50. The zero-order valence-electron chi connectivity index (χ0n) is 16.6. The summed E-state index contributed by atoms with van der Waals surface area (Å²) in [7, 11) is 0. The summed E-state index contributed by atoms with van der Waals surface area (Å²) in [5.41, 5.74) is 1.22. The first-order valence-corrected chi connectivity index (χ1v) is 9.52. The van der Waals surface area contributed by atoms with Crippen molar-refractivity contribution in [2.24, 2.45) is 0 Å². The van der Waals surface area contributed by atoms with Gasteiger partial charge in [-0.15, -0.1) is 0 Å². The van der Waals surface area contributed by atoms with E-state index in [1.165, 1.54) is 0 Å². The fourth-order valence-corrected chi connectivity index (χ4v) is 3.32. The molecule has 2 N–H and O–H groups in total. The summed E-state index contributed by atoms with van der Waals surface area (Å²) >= 11 is 0. The molecule has 0 spiro atoms. The number of hydrogen-bond acceptors (Lipinski definition) is 4. The van der Waals surface area contributed by atoms with Gasteiger partial charge in [0.05, 0.1) is 22.4 Å². The number of fused-ring (bicyclic) bond motifs is 1. The topological polar surface area (TPSA) is 95.6 Å². The van der Waals surface area contributed by atoms with E-state index in [1.54, 1.807) is 55.5 Å². The minimum absolute atomic E-state index is 0.0620. The third kappa shape index (κ3) is 3.89. The molecule has 2 aromatic rings. The molecular formula is C22H23N3O4. The van der Waals surface area contributed by atoms with E-state index in [0.29, 0.717) is 22.4 Å². The smallest absolute Gasteiger partial charge is 0.262 e. The molecule has 0 saturated heterocycles. The van der Waals surface area contributed by atoms with E-state index in [9.17, 15) is 19.2 Å². The predicted octanol–water partition coefficient (Wildman–Crippen LogP) is 2.84. The van der Waals surface area contributed by atoms with Crippen LogP contribution < -0.4 is 10.6 Å². The molecule has 3 rings (SSSR count). The van der Waals surface area contributed by atoms with Crippen LogP contribution in [0.4, 0.5) is 5.69 Å². The number of para-hydroxylation sites is 1. The minimum Gasteiger partial charge on any atom is -0.350 e. The van der Waals surface area contributed by atoms with Crippen molar-refractivity contribution in [3.05, 3.63) is 65.2 Å². The van der Waals surface area contributed by atoms with Crippen LogP contribution in [0.2, 0.25) is 0 Å². The molecule has 4 amide bonds. The largest absolute Gasteiger partial charge is 0.350 e. The maximum absolute atomic E-state index is 13.0. The number of carbonyl (C=O) groups excluding carboxylic acids is 4. The van der Waals surface area contributed by atoms with Crippen LogP contribution in [0.3, 0.4) is 0 Å². The summed E-state index contributed by atoms with van der Waals surface area (Å²) in [4.78, 5) is 51.8. The molecule has 150 valence electrons. The fraction of sp³-hybridized carbons (Fsp3) is 0.273. The van der Waals surface area contributed by atoms with Gasteiger partial charge >= 0.3 is 0 Å². The van der Waals surface area contributed by atoms with E-state index >= 15 is 0 Å². The van der Waals surface area contributed by atoms with Crippen molar-refractivity contribution < 1.29 is 19.2 Å². The standard InChI is InChI=1S/C22H23N3O4/c1-4-18(25-21(28)14-9-5-6-10-15(14)22(25)29)20(27)24-17-12-8-7-11-16(17)19(26)23-13(2)3/h5-13,18H,4H2,1-3H3,(H,23,26)(H,24,27). The molecule has 1 unspecified atom stereocenters. The number of nitrogens with zero attached hydrogens (tertiary/aromatic N) is 1. The van der Waals surface area contributed by atoms with Crippen molar-refractivity contribution in [1.82, 2.24) is 10.2 Å². The number of hydrogen-bond donors (Lipinski definition) is 2. The lowest BCUT2D eigenvalue weighted by molar-refractivity contribution is -0.120. The van der Waals surface area contributed by atoms with Gasteiger partial charge in [-0.1, -0.05) is 31.2 Å². The van der Waals surface area contributed by atoms with Crippen LogP contribution >= 0.6 is 0 Å². The van der Waals surface area contributed by atoms with Crippen LogP contribution in [0.15, 0.2) is 48.5 Å². The second kappa shape index (κ2) is 8.26. The molecular weight excluding hydrogens is 370 g/mol. The number of rotatable bonds is 6.